The number of phenolic OH excluding ortho intramolecular Hbond substituents is 1. The molecule has 3 fully saturated rings. The number of carbonyl (C=O) groups is 2. The Balaban J connectivity index is 0.844. The minimum atomic E-state index is -0.216. The molecule has 53 heavy (non-hydrogen) atoms. The van der Waals surface area contributed by atoms with Gasteiger partial charge in [0.15, 0.2) is 0 Å². The van der Waals surface area contributed by atoms with Gasteiger partial charge in [0, 0.05) is 76.7 Å². The molecule has 0 spiro atoms. The van der Waals surface area contributed by atoms with Crippen molar-refractivity contribution in [1.29, 1.82) is 0 Å². The fraction of sp³-hybridized carbons (Fsp3) is 0.378. The monoisotopic (exact) mass is 709 g/mol. The number of allylic oxidation sites excluding steroid dienone is 1. The van der Waals surface area contributed by atoms with Crippen LogP contribution in [0.5, 0.6) is 5.75 Å². The highest BCUT2D eigenvalue weighted by Crippen LogP contribution is 2.36. The van der Waals surface area contributed by atoms with E-state index in [9.17, 15) is 14.7 Å². The molecule has 0 aliphatic carbocycles. The van der Waals surface area contributed by atoms with E-state index in [1.165, 1.54) is 64.2 Å². The normalized spacial score (nSPS) is 20.7. The standard InChI is InChI=1S/C45H51N5O3/c1-2-41(33-6-4-3-5-7-33)44(35-11-16-40(51)17-12-35)34-8-13-38(14-9-34)48-22-20-32(21-23-48)29-47-24-26-49(27-25-47)39-15-10-36-30-50(31-37(36)28-39)42-18-19-43(52)46-45(42)53/h3-17,28,32,42,51H,2,18-27,29-31H2,1H3,(H,46,52,53)/b44-41+. The van der Waals surface area contributed by atoms with Crippen LogP contribution in [0, 0.1) is 5.92 Å². The number of amides is 2. The van der Waals surface area contributed by atoms with Gasteiger partial charge in [-0.3, -0.25) is 24.7 Å². The van der Waals surface area contributed by atoms with Crippen molar-refractivity contribution >= 4 is 34.3 Å². The highest BCUT2D eigenvalue weighted by Gasteiger charge is 2.35. The lowest BCUT2D eigenvalue weighted by Crippen LogP contribution is -2.50. The number of phenols is 1. The zero-order chi connectivity index (χ0) is 36.3. The van der Waals surface area contributed by atoms with E-state index in [-0.39, 0.29) is 23.6 Å². The Labute approximate surface area is 313 Å². The second kappa shape index (κ2) is 15.6. The fourth-order valence-corrected chi connectivity index (χ4v) is 8.93. The van der Waals surface area contributed by atoms with Gasteiger partial charge in [-0.1, -0.05) is 67.6 Å². The first kappa shape index (κ1) is 35.1. The van der Waals surface area contributed by atoms with Crippen LogP contribution in [0.15, 0.2) is 97.1 Å². The van der Waals surface area contributed by atoms with E-state index in [0.29, 0.717) is 12.8 Å². The molecule has 2 amide bonds. The van der Waals surface area contributed by atoms with E-state index >= 15 is 0 Å². The number of nitrogens with one attached hydrogen (secondary N) is 1. The fourth-order valence-electron chi connectivity index (χ4n) is 8.93. The summed E-state index contributed by atoms with van der Waals surface area (Å²) in [5.74, 6) is 0.697. The molecule has 1 atom stereocenters. The maximum Gasteiger partial charge on any atom is 0.243 e. The van der Waals surface area contributed by atoms with Crippen LogP contribution >= 0.6 is 0 Å². The summed E-state index contributed by atoms with van der Waals surface area (Å²) in [6.45, 7) is 11.3. The van der Waals surface area contributed by atoms with Gasteiger partial charge >= 0.3 is 0 Å². The molecular weight excluding hydrogens is 659 g/mol. The van der Waals surface area contributed by atoms with E-state index in [1.54, 1.807) is 12.1 Å². The Morgan fingerprint density at radius 3 is 2.02 bits per heavy atom. The molecule has 8 rings (SSSR count). The topological polar surface area (TPSA) is 79.4 Å². The molecule has 3 saturated heterocycles. The minimum Gasteiger partial charge on any atom is -0.508 e. The summed E-state index contributed by atoms with van der Waals surface area (Å²) in [6.07, 6.45) is 4.36. The molecule has 8 heteroatoms. The summed E-state index contributed by atoms with van der Waals surface area (Å²) in [5.41, 5.74) is 11.2. The lowest BCUT2D eigenvalue weighted by molar-refractivity contribution is -0.137. The molecule has 0 bridgehead atoms. The summed E-state index contributed by atoms with van der Waals surface area (Å²) in [6, 6.07) is 34.0. The number of hydrogen-bond acceptors (Lipinski definition) is 7. The van der Waals surface area contributed by atoms with Crippen molar-refractivity contribution in [3.8, 4) is 5.75 Å². The van der Waals surface area contributed by atoms with Crippen LogP contribution in [0.3, 0.4) is 0 Å². The lowest BCUT2D eigenvalue weighted by Gasteiger charge is -2.40. The van der Waals surface area contributed by atoms with Crippen molar-refractivity contribution in [2.75, 3.05) is 55.6 Å². The predicted molar refractivity (Wildman–Crippen MR) is 213 cm³/mol. The highest BCUT2D eigenvalue weighted by molar-refractivity contribution is 6.00. The number of carbonyl (C=O) groups excluding carboxylic acids is 2. The van der Waals surface area contributed by atoms with Crippen molar-refractivity contribution in [1.82, 2.24) is 15.1 Å². The molecule has 2 N–H and O–H groups in total. The Bertz CT molecular complexity index is 1940. The average Bonchev–Trinajstić information content (AvgIpc) is 3.62. The first-order valence-electron chi connectivity index (χ1n) is 19.5. The van der Waals surface area contributed by atoms with Gasteiger partial charge < -0.3 is 14.9 Å². The molecular formula is C45H51N5O3. The number of rotatable bonds is 9. The van der Waals surface area contributed by atoms with Gasteiger partial charge in [0.05, 0.1) is 6.04 Å². The molecule has 0 saturated carbocycles. The van der Waals surface area contributed by atoms with E-state index in [0.717, 1.165) is 70.3 Å². The third-order valence-electron chi connectivity index (χ3n) is 11.9. The molecule has 4 aromatic rings. The van der Waals surface area contributed by atoms with Gasteiger partial charge in [-0.25, -0.2) is 0 Å². The molecule has 0 aromatic heterocycles. The molecule has 4 aromatic carbocycles. The SMILES string of the molecule is CC/C(=C(\c1ccc(O)cc1)c1ccc(N2CCC(CN3CCN(c4ccc5c(c4)CN(C4CCC(=O)NC4=O)C5)CC3)CC2)cc1)c1ccccc1. The van der Waals surface area contributed by atoms with E-state index in [4.69, 9.17) is 0 Å². The maximum absolute atomic E-state index is 12.5. The number of hydrogen-bond donors (Lipinski definition) is 2. The largest absolute Gasteiger partial charge is 0.508 e. The van der Waals surface area contributed by atoms with Crippen LogP contribution < -0.4 is 15.1 Å². The van der Waals surface area contributed by atoms with Crippen LogP contribution in [-0.4, -0.2) is 78.6 Å². The Kier molecular flexibility index (Phi) is 10.3. The number of imide groups is 1. The summed E-state index contributed by atoms with van der Waals surface area (Å²) < 4.78 is 0. The number of nitrogens with zero attached hydrogens (tertiary/aromatic N) is 4. The first-order chi connectivity index (χ1) is 25.9. The summed E-state index contributed by atoms with van der Waals surface area (Å²) in [5, 5.41) is 12.5. The number of piperazine rings is 1. The Hall–Kier alpha value is -4.92. The van der Waals surface area contributed by atoms with Crippen molar-refractivity contribution in [2.24, 2.45) is 5.92 Å². The number of piperidine rings is 2. The number of benzene rings is 4. The third kappa shape index (κ3) is 7.75. The molecule has 8 nitrogen and oxygen atoms in total. The van der Waals surface area contributed by atoms with Gasteiger partial charge in [0.25, 0.3) is 0 Å². The minimum absolute atomic E-state index is 0.149. The summed E-state index contributed by atoms with van der Waals surface area (Å²) >= 11 is 0. The van der Waals surface area contributed by atoms with Crippen molar-refractivity contribution in [3.05, 3.63) is 125 Å². The first-order valence-corrected chi connectivity index (χ1v) is 19.5. The van der Waals surface area contributed by atoms with E-state index in [1.807, 2.05) is 12.1 Å². The van der Waals surface area contributed by atoms with Crippen LogP contribution in [0.25, 0.3) is 11.1 Å². The van der Waals surface area contributed by atoms with Crippen LogP contribution in [0.4, 0.5) is 11.4 Å². The number of fused-ring (bicyclic) bond motifs is 1. The van der Waals surface area contributed by atoms with E-state index in [2.05, 4.69) is 105 Å². The van der Waals surface area contributed by atoms with Crippen molar-refractivity contribution in [3.63, 3.8) is 0 Å². The quantitative estimate of drug-likeness (QED) is 0.144. The Morgan fingerprint density at radius 2 is 1.34 bits per heavy atom. The molecule has 4 aliphatic heterocycles. The molecule has 0 radical (unpaired) electrons. The average molecular weight is 710 g/mol. The molecule has 1 unspecified atom stereocenters. The van der Waals surface area contributed by atoms with Gasteiger partial charge in [-0.15, -0.1) is 0 Å². The Morgan fingerprint density at radius 1 is 0.698 bits per heavy atom. The highest BCUT2D eigenvalue weighted by atomic mass is 16.3. The van der Waals surface area contributed by atoms with Gasteiger partial charge in [-0.05, 0) is 107 Å². The third-order valence-corrected chi connectivity index (χ3v) is 11.9. The van der Waals surface area contributed by atoms with Crippen LogP contribution in [0.2, 0.25) is 0 Å². The second-order valence-corrected chi connectivity index (χ2v) is 15.2. The molecule has 4 heterocycles. The maximum atomic E-state index is 12.5. The van der Waals surface area contributed by atoms with Crippen molar-refractivity contribution < 1.29 is 14.7 Å². The summed E-state index contributed by atoms with van der Waals surface area (Å²) in [7, 11) is 0. The van der Waals surface area contributed by atoms with Gasteiger partial charge in [-0.2, -0.15) is 0 Å². The molecule has 4 aliphatic rings. The zero-order valence-corrected chi connectivity index (χ0v) is 30.8. The predicted octanol–water partition coefficient (Wildman–Crippen LogP) is 6.92. The van der Waals surface area contributed by atoms with Crippen LogP contribution in [0.1, 0.15) is 66.8 Å². The van der Waals surface area contributed by atoms with Gasteiger partial charge in [0.2, 0.25) is 11.8 Å². The van der Waals surface area contributed by atoms with Crippen molar-refractivity contribution in [2.45, 2.75) is 58.2 Å². The lowest BCUT2D eigenvalue weighted by atomic mass is 9.88. The zero-order valence-electron chi connectivity index (χ0n) is 30.8. The smallest absolute Gasteiger partial charge is 0.243 e. The number of anilines is 2. The second-order valence-electron chi connectivity index (χ2n) is 15.2. The molecule has 274 valence electrons. The summed E-state index contributed by atoms with van der Waals surface area (Å²) in [4.78, 5) is 34.0. The van der Waals surface area contributed by atoms with E-state index < -0.39 is 0 Å². The number of aromatic hydroxyl groups is 1. The van der Waals surface area contributed by atoms with Gasteiger partial charge in [0.1, 0.15) is 5.75 Å². The van der Waals surface area contributed by atoms with Crippen LogP contribution in [-0.2, 0) is 22.7 Å².